The lowest BCUT2D eigenvalue weighted by atomic mass is 10.2. The second-order valence-electron chi connectivity index (χ2n) is 2.46. The van der Waals surface area contributed by atoms with Gasteiger partial charge in [0.2, 0.25) is 0 Å². The van der Waals surface area contributed by atoms with Gasteiger partial charge in [-0.25, -0.2) is 0 Å². The Morgan fingerprint density at radius 3 is 2.75 bits per heavy atom. The maximum atomic E-state index is 11.6. The van der Waals surface area contributed by atoms with Gasteiger partial charge in [0.1, 0.15) is 4.71 Å². The Morgan fingerprint density at radius 1 is 1.42 bits per heavy atom. The Balaban J connectivity index is 2.68. The Hall–Kier alpha value is -0.0500. The summed E-state index contributed by atoms with van der Waals surface area (Å²) in [4.78, 5) is 0.576. The van der Waals surface area contributed by atoms with Crippen molar-refractivity contribution >= 4 is 34.0 Å². The van der Waals surface area contributed by atoms with Crippen LogP contribution in [0.4, 0.5) is 0 Å². The summed E-state index contributed by atoms with van der Waals surface area (Å²) >= 11 is 11.7. The zero-order valence-corrected chi connectivity index (χ0v) is 8.29. The molecule has 3 atom stereocenters. The minimum Gasteiger partial charge on any atom is -0.253 e. The Bertz CT molecular complexity index is 380. The van der Waals surface area contributed by atoms with Gasteiger partial charge in [0, 0.05) is 4.90 Å². The van der Waals surface area contributed by atoms with Gasteiger partial charge in [-0.3, -0.25) is 4.21 Å². The van der Waals surface area contributed by atoms with E-state index in [1.807, 2.05) is 0 Å². The Labute approximate surface area is 84.5 Å². The van der Waals surface area contributed by atoms with Crippen molar-refractivity contribution in [2.75, 3.05) is 0 Å². The molecule has 0 amide bonds. The van der Waals surface area contributed by atoms with E-state index in [0.29, 0.717) is 10.5 Å². The third-order valence-corrected chi connectivity index (χ3v) is 4.52. The number of hydrogen-bond donors (Lipinski definition) is 0. The number of rotatable bonds is 0. The Morgan fingerprint density at radius 2 is 2.08 bits per heavy atom. The van der Waals surface area contributed by atoms with Crippen LogP contribution in [0, 0.1) is 0 Å². The maximum absolute atomic E-state index is 11.6. The molecule has 12 heavy (non-hydrogen) atoms. The highest BCUT2D eigenvalue weighted by molar-refractivity contribution is 7.87. The van der Waals surface area contributed by atoms with Crippen LogP contribution < -0.4 is 0 Å². The molecule has 1 aliphatic rings. The van der Waals surface area contributed by atoms with E-state index in [-0.39, 0.29) is 0 Å². The van der Waals surface area contributed by atoms with Crippen LogP contribution in [0.3, 0.4) is 0 Å². The predicted octanol–water partition coefficient (Wildman–Crippen LogP) is 2.65. The molecular formula is C8H6Cl2OS. The SMILES string of the molecule is [2H][C@@]1(Cl)c2ccccc2[S@@](=O)[C@H]1Cl. The monoisotopic (exact) mass is 221 g/mol. The minimum absolute atomic E-state index is 0.551. The van der Waals surface area contributed by atoms with Crippen LogP contribution in [0.2, 0.25) is 0 Å². The topological polar surface area (TPSA) is 17.1 Å². The highest BCUT2D eigenvalue weighted by atomic mass is 35.5. The lowest BCUT2D eigenvalue weighted by Gasteiger charge is -2.01. The largest absolute Gasteiger partial charge is 0.253 e. The third kappa shape index (κ3) is 1.10. The first kappa shape index (κ1) is 7.36. The maximum Gasteiger partial charge on any atom is 0.134 e. The molecule has 0 aliphatic carbocycles. The van der Waals surface area contributed by atoms with Gasteiger partial charge < -0.3 is 0 Å². The highest BCUT2D eigenvalue weighted by Gasteiger charge is 2.35. The fourth-order valence-electron chi connectivity index (χ4n) is 1.17. The molecule has 1 nitrogen and oxygen atoms in total. The molecular weight excluding hydrogens is 215 g/mol. The van der Waals surface area contributed by atoms with Crippen LogP contribution in [0.1, 0.15) is 12.3 Å². The molecule has 1 aliphatic heterocycles. The van der Waals surface area contributed by atoms with E-state index in [1.54, 1.807) is 24.3 Å². The number of halogens is 2. The molecule has 0 bridgehead atoms. The number of hydrogen-bond acceptors (Lipinski definition) is 1. The van der Waals surface area contributed by atoms with Gasteiger partial charge in [-0.05, 0) is 11.6 Å². The normalized spacial score (nSPS) is 40.7. The minimum atomic E-state index is -1.46. The molecule has 4 heteroatoms. The summed E-state index contributed by atoms with van der Waals surface area (Å²) in [7, 11) is -1.37. The van der Waals surface area contributed by atoms with Crippen molar-refractivity contribution in [3.63, 3.8) is 0 Å². The molecule has 0 aromatic heterocycles. The third-order valence-electron chi connectivity index (χ3n) is 1.75. The smallest absolute Gasteiger partial charge is 0.134 e. The second-order valence-corrected chi connectivity index (χ2v) is 5.07. The van der Waals surface area contributed by atoms with E-state index in [0.717, 1.165) is 0 Å². The molecule has 2 rings (SSSR count). The number of fused-ring (bicyclic) bond motifs is 1. The van der Waals surface area contributed by atoms with Crippen molar-refractivity contribution in [3.05, 3.63) is 29.8 Å². The van der Waals surface area contributed by atoms with Crippen molar-refractivity contribution in [3.8, 4) is 0 Å². The molecule has 1 heterocycles. The van der Waals surface area contributed by atoms with Gasteiger partial charge in [0.15, 0.2) is 0 Å². The lowest BCUT2D eigenvalue weighted by molar-refractivity contribution is 0.683. The average Bonchev–Trinajstić information content (AvgIpc) is 2.30. The summed E-state index contributed by atoms with van der Waals surface area (Å²) in [5.41, 5.74) is 0.551. The molecule has 0 saturated heterocycles. The van der Waals surface area contributed by atoms with E-state index in [2.05, 4.69) is 0 Å². The molecule has 64 valence electrons. The first-order valence-electron chi connectivity index (χ1n) is 3.88. The van der Waals surface area contributed by atoms with Crippen LogP contribution in [-0.4, -0.2) is 8.92 Å². The zero-order valence-electron chi connectivity index (χ0n) is 6.96. The van der Waals surface area contributed by atoms with E-state index >= 15 is 0 Å². The molecule has 0 radical (unpaired) electrons. The van der Waals surface area contributed by atoms with Crippen LogP contribution >= 0.6 is 23.2 Å². The predicted molar refractivity (Wildman–Crippen MR) is 51.1 cm³/mol. The van der Waals surface area contributed by atoms with Gasteiger partial charge in [-0.15, -0.1) is 23.2 Å². The summed E-state index contributed by atoms with van der Waals surface area (Å²) < 4.78 is 18.5. The quantitative estimate of drug-likeness (QED) is 0.616. The summed E-state index contributed by atoms with van der Waals surface area (Å²) in [6, 6.07) is 6.91. The summed E-state index contributed by atoms with van der Waals surface area (Å²) in [6.07, 6.45) is 0. The zero-order chi connectivity index (χ0) is 9.64. The molecule has 0 unspecified atom stereocenters. The van der Waals surface area contributed by atoms with Crippen molar-refractivity contribution in [1.29, 1.82) is 0 Å². The van der Waals surface area contributed by atoms with E-state index < -0.39 is 20.9 Å². The summed E-state index contributed by atoms with van der Waals surface area (Å²) in [6.45, 7) is 0. The summed E-state index contributed by atoms with van der Waals surface area (Å²) in [5.74, 6) is 0. The fourth-order valence-corrected chi connectivity index (χ4v) is 3.18. The first-order chi connectivity index (χ1) is 6.05. The second kappa shape index (κ2) is 3.02. The molecule has 0 N–H and O–H groups in total. The molecule has 0 fully saturated rings. The summed E-state index contributed by atoms with van der Waals surface area (Å²) in [5, 5.41) is -1.46. The number of alkyl halides is 2. The van der Waals surface area contributed by atoms with Crippen molar-refractivity contribution < 1.29 is 5.58 Å². The van der Waals surface area contributed by atoms with Crippen molar-refractivity contribution in [1.82, 2.24) is 0 Å². The van der Waals surface area contributed by atoms with Gasteiger partial charge in [-0.1, -0.05) is 18.2 Å². The molecule has 1 aromatic carbocycles. The average molecular weight is 222 g/mol. The van der Waals surface area contributed by atoms with E-state index in [9.17, 15) is 4.21 Å². The molecule has 0 saturated carbocycles. The fraction of sp³-hybridized carbons (Fsp3) is 0.250. The van der Waals surface area contributed by atoms with Gasteiger partial charge in [0.05, 0.1) is 17.5 Å². The molecule has 1 aromatic rings. The van der Waals surface area contributed by atoms with Crippen LogP contribution in [0.15, 0.2) is 29.2 Å². The lowest BCUT2D eigenvalue weighted by Crippen LogP contribution is -2.02. The standard InChI is InChI=1S/C8H6Cl2OS/c9-7-5-3-1-2-4-6(5)12(11)8(7)10/h1-4,7-8H/t7-,8-,12-/m1/s1/i7D. The highest BCUT2D eigenvalue weighted by Crippen LogP contribution is 2.42. The van der Waals surface area contributed by atoms with Crippen LogP contribution in [0.5, 0.6) is 0 Å². The Kier molecular flexibility index (Phi) is 1.85. The molecule has 0 spiro atoms. The van der Waals surface area contributed by atoms with Gasteiger partial charge in [-0.2, -0.15) is 0 Å². The van der Waals surface area contributed by atoms with Gasteiger partial charge in [0.25, 0.3) is 0 Å². The van der Waals surface area contributed by atoms with E-state index in [4.69, 9.17) is 24.6 Å². The van der Waals surface area contributed by atoms with Crippen molar-refractivity contribution in [2.24, 2.45) is 0 Å². The van der Waals surface area contributed by atoms with Crippen LogP contribution in [0.25, 0.3) is 0 Å². The first-order valence-corrected chi connectivity index (χ1v) is 5.41. The van der Waals surface area contributed by atoms with Gasteiger partial charge >= 0.3 is 0 Å². The number of benzene rings is 1. The van der Waals surface area contributed by atoms with Crippen molar-refractivity contribution in [2.45, 2.75) is 15.0 Å². The van der Waals surface area contributed by atoms with Crippen LogP contribution in [-0.2, 0) is 10.8 Å². The van der Waals surface area contributed by atoms with E-state index in [1.165, 1.54) is 0 Å².